The van der Waals surface area contributed by atoms with Crippen molar-refractivity contribution >= 4 is 0 Å². The van der Waals surface area contributed by atoms with Crippen molar-refractivity contribution in [2.75, 3.05) is 13.2 Å². The number of ether oxygens (including phenoxy) is 1. The number of nitrogens with zero attached hydrogens (tertiary/aromatic N) is 4. The van der Waals surface area contributed by atoms with Crippen LogP contribution in [0.5, 0.6) is 0 Å². The van der Waals surface area contributed by atoms with Crippen LogP contribution in [0.25, 0.3) is 17.1 Å². The van der Waals surface area contributed by atoms with E-state index < -0.39 is 0 Å². The standard InChI is InChI=1S/C17H14N4O2/c18-9-12-1-3-15(4-2-12)21-17(14-6-8-23-11-14)19-16(20-21)13-5-7-22-10-13/h1-4,6,8,11,13H,5,7,10H2. The van der Waals surface area contributed by atoms with Gasteiger partial charge in [0, 0.05) is 12.5 Å². The molecule has 0 aliphatic carbocycles. The molecule has 114 valence electrons. The largest absolute Gasteiger partial charge is 0.472 e. The third kappa shape index (κ3) is 2.51. The fourth-order valence-electron chi connectivity index (χ4n) is 2.67. The number of hydrogen-bond donors (Lipinski definition) is 0. The Balaban J connectivity index is 1.81. The summed E-state index contributed by atoms with van der Waals surface area (Å²) in [5, 5.41) is 13.6. The zero-order valence-electron chi connectivity index (χ0n) is 12.3. The fourth-order valence-corrected chi connectivity index (χ4v) is 2.67. The molecule has 0 radical (unpaired) electrons. The van der Waals surface area contributed by atoms with Gasteiger partial charge in [-0.1, -0.05) is 0 Å². The van der Waals surface area contributed by atoms with Gasteiger partial charge in [0.05, 0.1) is 35.8 Å². The lowest BCUT2D eigenvalue weighted by Crippen LogP contribution is -2.02. The minimum Gasteiger partial charge on any atom is -0.472 e. The van der Waals surface area contributed by atoms with Gasteiger partial charge in [-0.2, -0.15) is 10.4 Å². The van der Waals surface area contributed by atoms with Crippen LogP contribution in [-0.4, -0.2) is 28.0 Å². The van der Waals surface area contributed by atoms with E-state index in [4.69, 9.17) is 19.4 Å². The lowest BCUT2D eigenvalue weighted by Gasteiger charge is -2.04. The summed E-state index contributed by atoms with van der Waals surface area (Å²) in [4.78, 5) is 4.70. The molecule has 23 heavy (non-hydrogen) atoms. The minimum atomic E-state index is 0.222. The first-order valence-corrected chi connectivity index (χ1v) is 7.43. The molecule has 4 rings (SSSR count). The van der Waals surface area contributed by atoms with Crippen LogP contribution in [0.4, 0.5) is 0 Å². The second-order valence-corrected chi connectivity index (χ2v) is 5.44. The van der Waals surface area contributed by atoms with Crippen LogP contribution < -0.4 is 0 Å². The van der Waals surface area contributed by atoms with Crippen molar-refractivity contribution < 1.29 is 9.15 Å². The van der Waals surface area contributed by atoms with E-state index in [2.05, 4.69) is 11.2 Å². The van der Waals surface area contributed by atoms with Gasteiger partial charge in [-0.3, -0.25) is 0 Å². The number of aromatic nitrogens is 3. The molecule has 1 saturated heterocycles. The highest BCUT2D eigenvalue weighted by molar-refractivity contribution is 5.56. The number of hydrogen-bond acceptors (Lipinski definition) is 5. The van der Waals surface area contributed by atoms with Crippen molar-refractivity contribution in [3.8, 4) is 23.1 Å². The van der Waals surface area contributed by atoms with Gasteiger partial charge < -0.3 is 9.15 Å². The maximum absolute atomic E-state index is 8.94. The third-order valence-corrected chi connectivity index (χ3v) is 3.94. The first kappa shape index (κ1) is 13.7. The van der Waals surface area contributed by atoms with Crippen molar-refractivity contribution in [3.63, 3.8) is 0 Å². The summed E-state index contributed by atoms with van der Waals surface area (Å²) in [5.41, 5.74) is 2.34. The Labute approximate surface area is 132 Å². The highest BCUT2D eigenvalue weighted by Crippen LogP contribution is 2.27. The van der Waals surface area contributed by atoms with E-state index >= 15 is 0 Å². The van der Waals surface area contributed by atoms with E-state index in [0.717, 1.165) is 35.9 Å². The Kier molecular flexibility index (Phi) is 3.41. The van der Waals surface area contributed by atoms with Gasteiger partial charge in [0.2, 0.25) is 0 Å². The maximum Gasteiger partial charge on any atom is 0.166 e. The molecular formula is C17H14N4O2. The Bertz CT molecular complexity index is 838. The third-order valence-electron chi connectivity index (χ3n) is 3.94. The van der Waals surface area contributed by atoms with E-state index in [1.54, 1.807) is 29.3 Å². The smallest absolute Gasteiger partial charge is 0.166 e. The van der Waals surface area contributed by atoms with Crippen molar-refractivity contribution in [1.29, 1.82) is 5.26 Å². The average Bonchev–Trinajstić information content (AvgIpc) is 3.34. The monoisotopic (exact) mass is 306 g/mol. The fraction of sp³-hybridized carbons (Fsp3) is 0.235. The van der Waals surface area contributed by atoms with Gasteiger partial charge in [0.1, 0.15) is 6.26 Å². The van der Waals surface area contributed by atoms with Crippen LogP contribution in [0.2, 0.25) is 0 Å². The second-order valence-electron chi connectivity index (χ2n) is 5.44. The maximum atomic E-state index is 8.94. The van der Waals surface area contributed by atoms with Crippen LogP contribution in [0, 0.1) is 11.3 Å². The first-order chi connectivity index (χ1) is 11.3. The molecule has 1 aliphatic heterocycles. The van der Waals surface area contributed by atoms with Crippen LogP contribution >= 0.6 is 0 Å². The molecule has 0 saturated carbocycles. The van der Waals surface area contributed by atoms with Crippen molar-refractivity contribution in [2.24, 2.45) is 0 Å². The molecule has 3 heterocycles. The summed E-state index contributed by atoms with van der Waals surface area (Å²) in [6.07, 6.45) is 4.20. The summed E-state index contributed by atoms with van der Waals surface area (Å²) in [7, 11) is 0. The van der Waals surface area contributed by atoms with Crippen LogP contribution in [0.15, 0.2) is 47.3 Å². The van der Waals surface area contributed by atoms with E-state index in [-0.39, 0.29) is 5.92 Å². The van der Waals surface area contributed by atoms with Gasteiger partial charge in [-0.15, -0.1) is 0 Å². The van der Waals surface area contributed by atoms with Gasteiger partial charge in [-0.25, -0.2) is 9.67 Å². The number of nitriles is 1. The van der Waals surface area contributed by atoms with Crippen LogP contribution in [-0.2, 0) is 4.74 Å². The zero-order chi connectivity index (χ0) is 15.6. The molecule has 0 spiro atoms. The quantitative estimate of drug-likeness (QED) is 0.743. The Hall–Kier alpha value is -2.91. The van der Waals surface area contributed by atoms with E-state index in [1.807, 2.05) is 18.2 Å². The summed E-state index contributed by atoms with van der Waals surface area (Å²) < 4.78 is 12.4. The molecule has 6 heteroatoms. The lowest BCUT2D eigenvalue weighted by molar-refractivity contribution is 0.193. The zero-order valence-corrected chi connectivity index (χ0v) is 12.3. The summed E-state index contributed by atoms with van der Waals surface area (Å²) >= 11 is 0. The van der Waals surface area contributed by atoms with Gasteiger partial charge in [0.15, 0.2) is 11.6 Å². The molecule has 0 amide bonds. The molecule has 1 atom stereocenters. The molecular weight excluding hydrogens is 292 g/mol. The molecule has 0 bridgehead atoms. The molecule has 1 aliphatic rings. The van der Waals surface area contributed by atoms with E-state index in [1.165, 1.54) is 0 Å². The second kappa shape index (κ2) is 5.71. The molecule has 1 fully saturated rings. The number of furan rings is 1. The Morgan fingerprint density at radius 3 is 2.74 bits per heavy atom. The minimum absolute atomic E-state index is 0.222. The predicted octanol–water partition coefficient (Wildman–Crippen LogP) is 2.90. The molecule has 3 aromatic rings. The van der Waals surface area contributed by atoms with Crippen molar-refractivity contribution in [2.45, 2.75) is 12.3 Å². The van der Waals surface area contributed by atoms with Crippen LogP contribution in [0.1, 0.15) is 23.7 Å². The SMILES string of the molecule is N#Cc1ccc(-n2nc(C3CCOC3)nc2-c2ccoc2)cc1. The molecule has 0 N–H and O–H groups in total. The number of benzene rings is 1. The molecule has 6 nitrogen and oxygen atoms in total. The van der Waals surface area contributed by atoms with Crippen LogP contribution in [0.3, 0.4) is 0 Å². The lowest BCUT2D eigenvalue weighted by atomic mass is 10.1. The number of rotatable bonds is 3. The Morgan fingerprint density at radius 1 is 1.22 bits per heavy atom. The van der Waals surface area contributed by atoms with E-state index in [0.29, 0.717) is 12.2 Å². The Morgan fingerprint density at radius 2 is 2.09 bits per heavy atom. The van der Waals surface area contributed by atoms with E-state index in [9.17, 15) is 0 Å². The normalized spacial score (nSPS) is 17.3. The van der Waals surface area contributed by atoms with Gasteiger partial charge in [-0.05, 0) is 36.8 Å². The predicted molar refractivity (Wildman–Crippen MR) is 82.0 cm³/mol. The van der Waals surface area contributed by atoms with Gasteiger partial charge in [0.25, 0.3) is 0 Å². The van der Waals surface area contributed by atoms with Crippen molar-refractivity contribution in [3.05, 3.63) is 54.2 Å². The van der Waals surface area contributed by atoms with Crippen molar-refractivity contribution in [1.82, 2.24) is 14.8 Å². The highest BCUT2D eigenvalue weighted by atomic mass is 16.5. The summed E-state index contributed by atoms with van der Waals surface area (Å²) in [6, 6.07) is 11.3. The summed E-state index contributed by atoms with van der Waals surface area (Å²) in [5.74, 6) is 1.73. The topological polar surface area (TPSA) is 76.9 Å². The summed E-state index contributed by atoms with van der Waals surface area (Å²) in [6.45, 7) is 1.40. The molecule has 1 aromatic carbocycles. The average molecular weight is 306 g/mol. The molecule has 1 unspecified atom stereocenters. The van der Waals surface area contributed by atoms with Gasteiger partial charge >= 0.3 is 0 Å². The molecule has 2 aromatic heterocycles. The first-order valence-electron chi connectivity index (χ1n) is 7.43. The highest BCUT2D eigenvalue weighted by Gasteiger charge is 2.24.